The van der Waals surface area contributed by atoms with Gasteiger partial charge in [0.25, 0.3) is 0 Å². The molecule has 0 radical (unpaired) electrons. The van der Waals surface area contributed by atoms with Gasteiger partial charge < -0.3 is 15.4 Å². The molecule has 0 aromatic heterocycles. The van der Waals surface area contributed by atoms with Gasteiger partial charge in [0.2, 0.25) is 5.91 Å². The van der Waals surface area contributed by atoms with Crippen LogP contribution in [0.1, 0.15) is 31.2 Å². The maximum absolute atomic E-state index is 11.9. The quantitative estimate of drug-likeness (QED) is 0.836. The highest BCUT2D eigenvalue weighted by Crippen LogP contribution is 2.18. The van der Waals surface area contributed by atoms with Gasteiger partial charge in [0, 0.05) is 18.5 Å². The first-order valence-corrected chi connectivity index (χ1v) is 7.39. The van der Waals surface area contributed by atoms with E-state index in [0.29, 0.717) is 18.9 Å². The lowest BCUT2D eigenvalue weighted by Gasteiger charge is -2.22. The summed E-state index contributed by atoms with van der Waals surface area (Å²) in [5, 5.41) is 6.33. The fourth-order valence-electron chi connectivity index (χ4n) is 2.64. The van der Waals surface area contributed by atoms with Crippen LogP contribution in [0.3, 0.4) is 0 Å². The number of amides is 1. The molecular weight excluding hydrogens is 252 g/mol. The molecule has 2 N–H and O–H groups in total. The van der Waals surface area contributed by atoms with Crippen molar-refractivity contribution in [3.63, 3.8) is 0 Å². The Morgan fingerprint density at radius 2 is 2.10 bits per heavy atom. The Hall–Kier alpha value is -1.55. The molecule has 1 aromatic carbocycles. The standard InChI is InChI=1S/C16H24N2O2/c1-20-15-5-3-2-4-14(15)12-18-16(19)7-6-13-8-10-17-11-9-13/h2-5,13,17H,6-12H2,1H3,(H,18,19). The van der Waals surface area contributed by atoms with Crippen molar-refractivity contribution in [2.45, 2.75) is 32.2 Å². The Morgan fingerprint density at radius 3 is 2.85 bits per heavy atom. The molecule has 0 bridgehead atoms. The van der Waals surface area contributed by atoms with Gasteiger partial charge in [-0.1, -0.05) is 18.2 Å². The van der Waals surface area contributed by atoms with E-state index in [1.807, 2.05) is 24.3 Å². The molecule has 0 aliphatic carbocycles. The molecule has 1 heterocycles. The zero-order chi connectivity index (χ0) is 14.2. The first kappa shape index (κ1) is 14.9. The largest absolute Gasteiger partial charge is 0.496 e. The van der Waals surface area contributed by atoms with Crippen molar-refractivity contribution in [1.82, 2.24) is 10.6 Å². The van der Waals surface area contributed by atoms with E-state index in [0.717, 1.165) is 30.8 Å². The topological polar surface area (TPSA) is 50.4 Å². The fraction of sp³-hybridized carbons (Fsp3) is 0.562. The molecule has 0 spiro atoms. The number of rotatable bonds is 6. The fourth-order valence-corrected chi connectivity index (χ4v) is 2.64. The van der Waals surface area contributed by atoms with Crippen LogP contribution in [-0.4, -0.2) is 26.1 Å². The van der Waals surface area contributed by atoms with Crippen molar-refractivity contribution in [2.75, 3.05) is 20.2 Å². The van der Waals surface area contributed by atoms with Crippen molar-refractivity contribution in [3.8, 4) is 5.75 Å². The Labute approximate surface area is 120 Å². The Bertz CT molecular complexity index is 428. The van der Waals surface area contributed by atoms with Crippen molar-refractivity contribution in [2.24, 2.45) is 5.92 Å². The summed E-state index contributed by atoms with van der Waals surface area (Å²) in [6.45, 7) is 2.72. The second-order valence-corrected chi connectivity index (χ2v) is 5.32. The highest BCUT2D eigenvalue weighted by molar-refractivity contribution is 5.75. The lowest BCUT2D eigenvalue weighted by Crippen LogP contribution is -2.29. The predicted molar refractivity (Wildman–Crippen MR) is 79.7 cm³/mol. The Balaban J connectivity index is 1.71. The second-order valence-electron chi connectivity index (χ2n) is 5.32. The number of hydrogen-bond donors (Lipinski definition) is 2. The molecule has 1 amide bonds. The number of methoxy groups -OCH3 is 1. The molecule has 1 fully saturated rings. The van der Waals surface area contributed by atoms with E-state index < -0.39 is 0 Å². The third-order valence-electron chi connectivity index (χ3n) is 3.91. The summed E-state index contributed by atoms with van der Waals surface area (Å²) in [6, 6.07) is 7.78. The third kappa shape index (κ3) is 4.53. The average Bonchev–Trinajstić information content (AvgIpc) is 2.52. The smallest absolute Gasteiger partial charge is 0.220 e. The van der Waals surface area contributed by atoms with E-state index in [1.165, 1.54) is 12.8 Å². The molecule has 1 aromatic rings. The lowest BCUT2D eigenvalue weighted by molar-refractivity contribution is -0.121. The minimum absolute atomic E-state index is 0.134. The van der Waals surface area contributed by atoms with E-state index >= 15 is 0 Å². The number of carbonyl (C=O) groups excluding carboxylic acids is 1. The number of para-hydroxylation sites is 1. The van der Waals surface area contributed by atoms with Gasteiger partial charge in [0.1, 0.15) is 5.75 Å². The first-order valence-electron chi connectivity index (χ1n) is 7.39. The summed E-state index contributed by atoms with van der Waals surface area (Å²) in [6.07, 6.45) is 4.01. The number of ether oxygens (including phenoxy) is 1. The van der Waals surface area contributed by atoms with Crippen LogP contribution >= 0.6 is 0 Å². The molecule has 1 aliphatic heterocycles. The normalized spacial score (nSPS) is 15.8. The molecule has 20 heavy (non-hydrogen) atoms. The zero-order valence-electron chi connectivity index (χ0n) is 12.2. The van der Waals surface area contributed by atoms with Gasteiger partial charge in [-0.05, 0) is 44.3 Å². The Morgan fingerprint density at radius 1 is 1.35 bits per heavy atom. The molecule has 1 saturated heterocycles. The highest BCUT2D eigenvalue weighted by atomic mass is 16.5. The van der Waals surface area contributed by atoms with Gasteiger partial charge in [0.15, 0.2) is 0 Å². The van der Waals surface area contributed by atoms with Gasteiger partial charge in [0.05, 0.1) is 7.11 Å². The number of carbonyl (C=O) groups is 1. The summed E-state index contributed by atoms with van der Waals surface area (Å²) in [7, 11) is 1.65. The zero-order valence-corrected chi connectivity index (χ0v) is 12.2. The number of nitrogens with one attached hydrogen (secondary N) is 2. The number of piperidine rings is 1. The molecule has 2 rings (SSSR count). The highest BCUT2D eigenvalue weighted by Gasteiger charge is 2.14. The summed E-state index contributed by atoms with van der Waals surface area (Å²) in [5.74, 6) is 1.66. The van der Waals surface area contributed by atoms with Crippen LogP contribution in [0, 0.1) is 5.92 Å². The van der Waals surface area contributed by atoms with Gasteiger partial charge in [-0.15, -0.1) is 0 Å². The summed E-state index contributed by atoms with van der Waals surface area (Å²) < 4.78 is 5.27. The molecule has 0 unspecified atom stereocenters. The predicted octanol–water partition coefficient (Wildman–Crippen LogP) is 2.09. The van der Waals surface area contributed by atoms with Crippen LogP contribution in [0.2, 0.25) is 0 Å². The molecule has 4 nitrogen and oxygen atoms in total. The van der Waals surface area contributed by atoms with Crippen LogP contribution in [-0.2, 0) is 11.3 Å². The summed E-state index contributed by atoms with van der Waals surface area (Å²) in [5.41, 5.74) is 1.02. The van der Waals surface area contributed by atoms with E-state index in [9.17, 15) is 4.79 Å². The maximum Gasteiger partial charge on any atom is 0.220 e. The number of benzene rings is 1. The monoisotopic (exact) mass is 276 g/mol. The van der Waals surface area contributed by atoms with E-state index in [-0.39, 0.29) is 5.91 Å². The third-order valence-corrected chi connectivity index (χ3v) is 3.91. The van der Waals surface area contributed by atoms with E-state index in [4.69, 9.17) is 4.74 Å². The number of hydrogen-bond acceptors (Lipinski definition) is 3. The van der Waals surface area contributed by atoms with Crippen LogP contribution in [0.4, 0.5) is 0 Å². The van der Waals surface area contributed by atoms with Gasteiger partial charge in [-0.2, -0.15) is 0 Å². The second kappa shape index (κ2) is 7.90. The minimum Gasteiger partial charge on any atom is -0.496 e. The SMILES string of the molecule is COc1ccccc1CNC(=O)CCC1CCNCC1. The van der Waals surface area contributed by atoms with Crippen molar-refractivity contribution in [1.29, 1.82) is 0 Å². The molecule has 0 saturated carbocycles. The van der Waals surface area contributed by atoms with Crippen LogP contribution in [0.15, 0.2) is 24.3 Å². The van der Waals surface area contributed by atoms with Crippen LogP contribution in [0.25, 0.3) is 0 Å². The van der Waals surface area contributed by atoms with E-state index in [1.54, 1.807) is 7.11 Å². The maximum atomic E-state index is 11.9. The molecule has 4 heteroatoms. The first-order chi connectivity index (χ1) is 9.79. The van der Waals surface area contributed by atoms with Crippen LogP contribution < -0.4 is 15.4 Å². The average molecular weight is 276 g/mol. The summed E-state index contributed by atoms with van der Waals surface area (Å²) >= 11 is 0. The minimum atomic E-state index is 0.134. The molecule has 110 valence electrons. The van der Waals surface area contributed by atoms with Crippen LogP contribution in [0.5, 0.6) is 5.75 Å². The summed E-state index contributed by atoms with van der Waals surface area (Å²) in [4.78, 5) is 11.9. The van der Waals surface area contributed by atoms with Crippen molar-refractivity contribution >= 4 is 5.91 Å². The molecule has 0 atom stereocenters. The molecular formula is C16H24N2O2. The van der Waals surface area contributed by atoms with Crippen molar-refractivity contribution < 1.29 is 9.53 Å². The lowest BCUT2D eigenvalue weighted by atomic mass is 9.93. The van der Waals surface area contributed by atoms with E-state index in [2.05, 4.69) is 10.6 Å². The van der Waals surface area contributed by atoms with Crippen molar-refractivity contribution in [3.05, 3.63) is 29.8 Å². The van der Waals surface area contributed by atoms with Gasteiger partial charge >= 0.3 is 0 Å². The van der Waals surface area contributed by atoms with Gasteiger partial charge in [-0.25, -0.2) is 0 Å². The molecule has 1 aliphatic rings. The Kier molecular flexibility index (Phi) is 5.87. The van der Waals surface area contributed by atoms with Gasteiger partial charge in [-0.3, -0.25) is 4.79 Å².